The first-order valence-corrected chi connectivity index (χ1v) is 12.9. The number of methoxy groups -OCH3 is 1. The minimum atomic E-state index is -3.80. The predicted octanol–water partition coefficient (Wildman–Crippen LogP) is 3.20. The Kier molecular flexibility index (Phi) is 8.65. The summed E-state index contributed by atoms with van der Waals surface area (Å²) in [5.41, 5.74) is 0.772. The number of pyridine rings is 1. The van der Waals surface area contributed by atoms with Crippen molar-refractivity contribution in [1.29, 1.82) is 0 Å². The van der Waals surface area contributed by atoms with Crippen molar-refractivity contribution < 1.29 is 32.6 Å². The maximum atomic E-state index is 13.4. The lowest BCUT2D eigenvalue weighted by atomic mass is 10.1. The van der Waals surface area contributed by atoms with Crippen LogP contribution in [0.25, 0.3) is 0 Å². The van der Waals surface area contributed by atoms with Gasteiger partial charge in [0, 0.05) is 12.3 Å². The molecule has 1 aromatic heterocycles. The summed E-state index contributed by atoms with van der Waals surface area (Å²) in [6.45, 7) is 2.89. The SMILES string of the molecule is COc1ccnc(C(=O)N[C@@H](C)C(=O)O[C@@H](C)[C@@H](c2ccccc2)S(=O)(=O)Cc2ccccc2)c1O. The van der Waals surface area contributed by atoms with Gasteiger partial charge in [0.25, 0.3) is 5.91 Å². The van der Waals surface area contributed by atoms with Crippen molar-refractivity contribution in [2.75, 3.05) is 7.11 Å². The van der Waals surface area contributed by atoms with Gasteiger partial charge >= 0.3 is 5.97 Å². The van der Waals surface area contributed by atoms with Crippen molar-refractivity contribution in [2.45, 2.75) is 37.0 Å². The van der Waals surface area contributed by atoms with E-state index in [2.05, 4.69) is 10.3 Å². The number of esters is 1. The molecule has 0 aliphatic heterocycles. The highest BCUT2D eigenvalue weighted by molar-refractivity contribution is 7.90. The zero-order chi connectivity index (χ0) is 26.3. The number of nitrogens with zero attached hydrogens (tertiary/aromatic N) is 1. The van der Waals surface area contributed by atoms with Crippen molar-refractivity contribution in [3.63, 3.8) is 0 Å². The number of carbonyl (C=O) groups excluding carboxylic acids is 2. The minimum Gasteiger partial charge on any atom is -0.503 e. The smallest absolute Gasteiger partial charge is 0.328 e. The van der Waals surface area contributed by atoms with Gasteiger partial charge in [0.05, 0.1) is 12.9 Å². The molecule has 0 radical (unpaired) electrons. The molecule has 3 aromatic rings. The van der Waals surface area contributed by atoms with E-state index >= 15 is 0 Å². The van der Waals surface area contributed by atoms with E-state index in [0.29, 0.717) is 11.1 Å². The zero-order valence-electron chi connectivity index (χ0n) is 20.1. The number of ether oxygens (including phenoxy) is 2. The number of aromatic nitrogens is 1. The summed E-state index contributed by atoms with van der Waals surface area (Å²) in [7, 11) is -2.47. The number of hydrogen-bond donors (Lipinski definition) is 2. The van der Waals surface area contributed by atoms with Crippen LogP contribution in [0.15, 0.2) is 72.9 Å². The number of benzene rings is 2. The van der Waals surface area contributed by atoms with E-state index in [1.54, 1.807) is 60.7 Å². The highest BCUT2D eigenvalue weighted by atomic mass is 32.2. The fourth-order valence-corrected chi connectivity index (χ4v) is 5.80. The molecule has 0 fully saturated rings. The van der Waals surface area contributed by atoms with E-state index in [-0.39, 0.29) is 17.2 Å². The van der Waals surface area contributed by atoms with Crippen molar-refractivity contribution in [3.05, 3.63) is 89.7 Å². The number of carbonyl (C=O) groups is 2. The molecule has 1 heterocycles. The van der Waals surface area contributed by atoms with Crippen LogP contribution in [0.1, 0.15) is 40.7 Å². The summed E-state index contributed by atoms with van der Waals surface area (Å²) in [5.74, 6) is -2.31. The highest BCUT2D eigenvalue weighted by Gasteiger charge is 2.36. The van der Waals surface area contributed by atoms with Crippen LogP contribution in [-0.2, 0) is 25.1 Å². The average molecular weight is 513 g/mol. The van der Waals surface area contributed by atoms with Gasteiger partial charge in [0.2, 0.25) is 0 Å². The second-order valence-electron chi connectivity index (χ2n) is 8.17. The third kappa shape index (κ3) is 6.39. The molecule has 0 unspecified atom stereocenters. The lowest BCUT2D eigenvalue weighted by molar-refractivity contribution is -0.150. The Morgan fingerprint density at radius 3 is 2.22 bits per heavy atom. The Labute approximate surface area is 210 Å². The number of hydrogen-bond acceptors (Lipinski definition) is 8. The molecule has 0 saturated heterocycles. The van der Waals surface area contributed by atoms with Crippen LogP contribution < -0.4 is 10.1 Å². The van der Waals surface area contributed by atoms with E-state index < -0.39 is 44.9 Å². The molecule has 3 rings (SSSR count). The fourth-order valence-electron chi connectivity index (χ4n) is 3.75. The number of aromatic hydroxyl groups is 1. The van der Waals surface area contributed by atoms with Crippen LogP contribution in [0.3, 0.4) is 0 Å². The molecule has 9 nitrogen and oxygen atoms in total. The predicted molar refractivity (Wildman–Crippen MR) is 133 cm³/mol. The quantitative estimate of drug-likeness (QED) is 0.396. The van der Waals surface area contributed by atoms with Crippen molar-refractivity contribution in [3.8, 4) is 11.5 Å². The van der Waals surface area contributed by atoms with E-state index in [1.807, 2.05) is 0 Å². The zero-order valence-corrected chi connectivity index (χ0v) is 20.9. The molecule has 1 amide bonds. The van der Waals surface area contributed by atoms with Gasteiger partial charge in [-0.05, 0) is 25.0 Å². The third-order valence-electron chi connectivity index (χ3n) is 5.48. The van der Waals surface area contributed by atoms with Crippen molar-refractivity contribution in [1.82, 2.24) is 10.3 Å². The lowest BCUT2D eigenvalue weighted by Crippen LogP contribution is -2.42. The molecule has 36 heavy (non-hydrogen) atoms. The minimum absolute atomic E-state index is 0.0494. The summed E-state index contributed by atoms with van der Waals surface area (Å²) >= 11 is 0. The summed E-state index contributed by atoms with van der Waals surface area (Å²) in [6.07, 6.45) is 0.219. The normalized spacial score (nSPS) is 13.8. The largest absolute Gasteiger partial charge is 0.503 e. The number of amides is 1. The highest BCUT2D eigenvalue weighted by Crippen LogP contribution is 2.31. The van der Waals surface area contributed by atoms with Gasteiger partial charge in [-0.25, -0.2) is 18.2 Å². The molecule has 0 aliphatic rings. The molecular formula is C26H28N2O7S. The van der Waals surface area contributed by atoms with Gasteiger partial charge in [-0.2, -0.15) is 0 Å². The Balaban J connectivity index is 1.77. The monoisotopic (exact) mass is 512 g/mol. The summed E-state index contributed by atoms with van der Waals surface area (Å²) in [4.78, 5) is 29.2. The molecule has 0 spiro atoms. The van der Waals surface area contributed by atoms with E-state index in [4.69, 9.17) is 9.47 Å². The summed E-state index contributed by atoms with van der Waals surface area (Å²) in [5, 5.41) is 11.4. The Morgan fingerprint density at radius 2 is 1.61 bits per heavy atom. The summed E-state index contributed by atoms with van der Waals surface area (Å²) < 4.78 is 37.4. The Morgan fingerprint density at radius 1 is 1.00 bits per heavy atom. The standard InChI is InChI=1S/C26H28N2O7S/c1-17(28-25(30)22-23(29)21(34-3)14-15-27-22)26(31)35-18(2)24(20-12-8-5-9-13-20)36(32,33)16-19-10-6-4-7-11-19/h4-15,17-18,24,29H,16H2,1-3H3,(H,28,30)/t17-,18-,24-/m0/s1. The third-order valence-corrected chi connectivity index (χ3v) is 7.64. The molecule has 2 N–H and O–H groups in total. The number of nitrogens with one attached hydrogen (secondary N) is 1. The topological polar surface area (TPSA) is 132 Å². The first-order valence-electron chi connectivity index (χ1n) is 11.2. The number of rotatable bonds is 10. The molecule has 0 saturated carbocycles. The van der Waals surface area contributed by atoms with Gasteiger partial charge in [0.15, 0.2) is 27.0 Å². The lowest BCUT2D eigenvalue weighted by Gasteiger charge is -2.26. The molecule has 2 aromatic carbocycles. The first-order chi connectivity index (χ1) is 17.1. The molecule has 10 heteroatoms. The Hall–Kier alpha value is -3.92. The van der Waals surface area contributed by atoms with E-state index in [1.165, 1.54) is 33.2 Å². The van der Waals surface area contributed by atoms with Crippen LogP contribution in [0.5, 0.6) is 11.5 Å². The van der Waals surface area contributed by atoms with Gasteiger partial charge in [-0.1, -0.05) is 60.7 Å². The maximum absolute atomic E-state index is 13.4. The second kappa shape index (κ2) is 11.7. The van der Waals surface area contributed by atoms with E-state index in [9.17, 15) is 23.1 Å². The van der Waals surface area contributed by atoms with Crippen LogP contribution in [0.2, 0.25) is 0 Å². The van der Waals surface area contributed by atoms with Gasteiger partial charge < -0.3 is 19.9 Å². The van der Waals surface area contributed by atoms with Crippen LogP contribution in [0.4, 0.5) is 0 Å². The molecule has 190 valence electrons. The van der Waals surface area contributed by atoms with Crippen LogP contribution in [-0.4, -0.2) is 49.6 Å². The molecule has 0 aliphatic carbocycles. The molecular weight excluding hydrogens is 484 g/mol. The number of sulfone groups is 1. The van der Waals surface area contributed by atoms with Gasteiger partial charge in [-0.15, -0.1) is 0 Å². The van der Waals surface area contributed by atoms with E-state index in [0.717, 1.165) is 0 Å². The average Bonchev–Trinajstić information content (AvgIpc) is 2.84. The van der Waals surface area contributed by atoms with Gasteiger partial charge in [-0.3, -0.25) is 4.79 Å². The van der Waals surface area contributed by atoms with Gasteiger partial charge in [0.1, 0.15) is 17.4 Å². The molecule has 3 atom stereocenters. The van der Waals surface area contributed by atoms with Crippen molar-refractivity contribution >= 4 is 21.7 Å². The maximum Gasteiger partial charge on any atom is 0.328 e. The second-order valence-corrected chi connectivity index (χ2v) is 10.3. The van der Waals surface area contributed by atoms with Crippen LogP contribution >= 0.6 is 0 Å². The summed E-state index contributed by atoms with van der Waals surface area (Å²) in [6, 6.07) is 17.5. The molecule has 0 bridgehead atoms. The fraction of sp³-hybridized carbons (Fsp3) is 0.269. The first kappa shape index (κ1) is 26.7. The van der Waals surface area contributed by atoms with Crippen molar-refractivity contribution in [2.24, 2.45) is 0 Å². The Bertz CT molecular complexity index is 1300. The van der Waals surface area contributed by atoms with Crippen LogP contribution in [0, 0.1) is 0 Å².